The Morgan fingerprint density at radius 2 is 1.33 bits per heavy atom. The Morgan fingerprint density at radius 1 is 0.852 bits per heavy atom. The summed E-state index contributed by atoms with van der Waals surface area (Å²) in [7, 11) is 0. The van der Waals surface area contributed by atoms with Crippen molar-refractivity contribution in [3.8, 4) is 0 Å². The third kappa shape index (κ3) is 5.08. The topological polar surface area (TPSA) is 0 Å². The van der Waals surface area contributed by atoms with Crippen molar-refractivity contribution in [2.75, 3.05) is 0 Å². The summed E-state index contributed by atoms with van der Waals surface area (Å²) in [6, 6.07) is 0. The summed E-state index contributed by atoms with van der Waals surface area (Å²) in [5.41, 5.74) is 2.56. The Balaban J connectivity index is 3.65. The van der Waals surface area contributed by atoms with Crippen LogP contribution in [0, 0.1) is 17.3 Å². The highest BCUT2D eigenvalue weighted by molar-refractivity contribution is 5.60. The van der Waals surface area contributed by atoms with Gasteiger partial charge in [-0.25, -0.2) is 0 Å². The maximum atomic E-state index is 4.34. The number of rotatable bonds is 5. The Morgan fingerprint density at radius 3 is 1.74 bits per heavy atom. The molecule has 27 heavy (non-hydrogen) atoms. The molecule has 0 aromatic heterocycles. The van der Waals surface area contributed by atoms with Gasteiger partial charge in [-0.3, -0.25) is 0 Å². The SMILES string of the molecule is C=C/C=C\C(=C)C1(C(=C)C=C)C(=C)/C=C\C=C/C(C)C(C)/C=C\C=C/C1=C. The molecule has 0 heterocycles. The Bertz CT molecular complexity index is 731. The molecule has 1 aliphatic rings. The van der Waals surface area contributed by atoms with Crippen LogP contribution in [0.25, 0.3) is 0 Å². The van der Waals surface area contributed by atoms with Gasteiger partial charge in [0.25, 0.3) is 0 Å². The van der Waals surface area contributed by atoms with Crippen molar-refractivity contribution in [2.45, 2.75) is 13.8 Å². The van der Waals surface area contributed by atoms with E-state index in [0.717, 1.165) is 22.3 Å². The third-order valence-corrected chi connectivity index (χ3v) is 5.08. The van der Waals surface area contributed by atoms with Crippen molar-refractivity contribution < 1.29 is 0 Å². The van der Waals surface area contributed by atoms with E-state index in [1.807, 2.05) is 36.5 Å². The lowest BCUT2D eigenvalue weighted by Crippen LogP contribution is -2.27. The average Bonchev–Trinajstić information content (AvgIpc) is 2.66. The molecule has 0 saturated carbocycles. The molecule has 0 heteroatoms. The zero-order chi connectivity index (χ0) is 20.4. The van der Waals surface area contributed by atoms with E-state index in [0.29, 0.717) is 11.8 Å². The first-order valence-electron chi connectivity index (χ1n) is 9.21. The van der Waals surface area contributed by atoms with Crippen LogP contribution in [0.2, 0.25) is 0 Å². The third-order valence-electron chi connectivity index (χ3n) is 5.08. The molecule has 0 radical (unpaired) electrons. The van der Waals surface area contributed by atoms with Crippen molar-refractivity contribution in [3.05, 3.63) is 135 Å². The summed E-state index contributed by atoms with van der Waals surface area (Å²) in [5.74, 6) is 0.879. The lowest BCUT2D eigenvalue weighted by atomic mass is 9.64. The van der Waals surface area contributed by atoms with Gasteiger partial charge in [-0.15, -0.1) is 0 Å². The van der Waals surface area contributed by atoms with Crippen LogP contribution < -0.4 is 0 Å². The summed E-state index contributed by atoms with van der Waals surface area (Å²) >= 11 is 0. The molecule has 1 rings (SSSR count). The van der Waals surface area contributed by atoms with E-state index in [9.17, 15) is 0 Å². The highest BCUT2D eigenvalue weighted by atomic mass is 14.4. The number of hydrogen-bond donors (Lipinski definition) is 0. The van der Waals surface area contributed by atoms with Gasteiger partial charge in [0.2, 0.25) is 0 Å². The highest BCUT2D eigenvalue weighted by Gasteiger charge is 2.37. The van der Waals surface area contributed by atoms with Gasteiger partial charge in [-0.2, -0.15) is 0 Å². The standard InChI is InChI=1S/C27H32/c1-9-11-18-24(6)27(23(5)10-2)25(7)19-14-12-16-21(3)22(4)17-13-15-20-26(27)8/h9-22H,1-2,5-8H2,3-4H3/b16-12-,17-13-,18-11-,19-14-,20-15-. The van der Waals surface area contributed by atoms with E-state index in [4.69, 9.17) is 0 Å². The van der Waals surface area contributed by atoms with Crippen LogP contribution in [0.4, 0.5) is 0 Å². The molecule has 140 valence electrons. The van der Waals surface area contributed by atoms with Gasteiger partial charge in [0.05, 0.1) is 5.41 Å². The van der Waals surface area contributed by atoms with Gasteiger partial charge in [-0.05, 0) is 34.1 Å². The highest BCUT2D eigenvalue weighted by Crippen LogP contribution is 2.48. The van der Waals surface area contributed by atoms with Crippen molar-refractivity contribution in [2.24, 2.45) is 17.3 Å². The molecule has 0 aromatic rings. The summed E-state index contributed by atoms with van der Waals surface area (Å²) in [4.78, 5) is 0. The molecule has 0 bridgehead atoms. The van der Waals surface area contributed by atoms with Crippen LogP contribution >= 0.6 is 0 Å². The van der Waals surface area contributed by atoms with Gasteiger partial charge in [0, 0.05) is 0 Å². The minimum Gasteiger partial charge on any atom is -0.0991 e. The number of hydrogen-bond acceptors (Lipinski definition) is 0. The summed E-state index contributed by atoms with van der Waals surface area (Å²) in [5, 5.41) is 0. The zero-order valence-electron chi connectivity index (χ0n) is 16.8. The van der Waals surface area contributed by atoms with Crippen molar-refractivity contribution in [1.82, 2.24) is 0 Å². The molecule has 2 unspecified atom stereocenters. The van der Waals surface area contributed by atoms with Crippen molar-refractivity contribution >= 4 is 0 Å². The van der Waals surface area contributed by atoms with Gasteiger partial charge >= 0.3 is 0 Å². The normalized spacial score (nSPS) is 31.0. The molecule has 2 atom stereocenters. The van der Waals surface area contributed by atoms with Gasteiger partial charge < -0.3 is 0 Å². The quantitative estimate of drug-likeness (QED) is 0.444. The molecule has 0 fully saturated rings. The molecule has 0 aromatic carbocycles. The van der Waals surface area contributed by atoms with E-state index in [1.165, 1.54) is 0 Å². The van der Waals surface area contributed by atoms with E-state index in [1.54, 1.807) is 12.2 Å². The van der Waals surface area contributed by atoms with Gasteiger partial charge in [-0.1, -0.05) is 126 Å². The summed E-state index contributed by atoms with van der Waals surface area (Å²) in [6.07, 6.45) is 23.8. The maximum Gasteiger partial charge on any atom is 0.0678 e. The first-order valence-corrected chi connectivity index (χ1v) is 9.21. The lowest BCUT2D eigenvalue weighted by molar-refractivity contribution is 0.558. The lowest BCUT2D eigenvalue weighted by Gasteiger charge is -2.38. The maximum absolute atomic E-state index is 4.34. The second-order valence-corrected chi connectivity index (χ2v) is 6.86. The molecule has 0 amide bonds. The largest absolute Gasteiger partial charge is 0.0991 e. The second kappa shape index (κ2) is 10.3. The van der Waals surface area contributed by atoms with Crippen molar-refractivity contribution in [3.63, 3.8) is 0 Å². The predicted octanol–water partition coefficient (Wildman–Crippen LogP) is 7.64. The fourth-order valence-electron chi connectivity index (χ4n) is 3.12. The molecular formula is C27H32. The zero-order valence-corrected chi connectivity index (χ0v) is 16.8. The van der Waals surface area contributed by atoms with E-state index >= 15 is 0 Å². The van der Waals surface area contributed by atoms with Crippen LogP contribution in [0.15, 0.2) is 135 Å². The summed E-state index contributed by atoms with van der Waals surface area (Å²) < 4.78 is 0. The fraction of sp³-hybridized carbons (Fsp3) is 0.185. The molecule has 0 aliphatic heterocycles. The van der Waals surface area contributed by atoms with Gasteiger partial charge in [0.15, 0.2) is 0 Å². The van der Waals surface area contributed by atoms with Crippen molar-refractivity contribution in [1.29, 1.82) is 0 Å². The van der Waals surface area contributed by atoms with Gasteiger partial charge in [0.1, 0.15) is 0 Å². The number of allylic oxidation sites excluding steroid dienone is 16. The van der Waals surface area contributed by atoms with Crippen LogP contribution in [0.3, 0.4) is 0 Å². The molecule has 0 saturated heterocycles. The van der Waals surface area contributed by atoms with E-state index in [-0.39, 0.29) is 0 Å². The summed E-state index contributed by atoms with van der Waals surface area (Å²) in [6.45, 7) is 29.3. The second-order valence-electron chi connectivity index (χ2n) is 6.86. The van der Waals surface area contributed by atoms with E-state index < -0.39 is 5.41 Å². The monoisotopic (exact) mass is 356 g/mol. The minimum absolute atomic E-state index is 0.440. The smallest absolute Gasteiger partial charge is 0.0678 e. The Labute approximate surface area is 166 Å². The average molecular weight is 357 g/mol. The van der Waals surface area contributed by atoms with Crippen LogP contribution in [0.5, 0.6) is 0 Å². The van der Waals surface area contributed by atoms with Crippen LogP contribution in [-0.2, 0) is 0 Å². The molecule has 0 nitrogen and oxygen atoms in total. The predicted molar refractivity (Wildman–Crippen MR) is 123 cm³/mol. The fourth-order valence-corrected chi connectivity index (χ4v) is 3.12. The molecular weight excluding hydrogens is 324 g/mol. The Hall–Kier alpha value is -2.86. The van der Waals surface area contributed by atoms with Crippen LogP contribution in [-0.4, -0.2) is 0 Å². The van der Waals surface area contributed by atoms with E-state index in [2.05, 4.69) is 77.6 Å². The first-order chi connectivity index (χ1) is 12.8. The molecule has 0 spiro atoms. The Kier molecular flexibility index (Phi) is 8.48. The molecule has 0 N–H and O–H groups in total. The minimum atomic E-state index is -0.735. The van der Waals surface area contributed by atoms with Crippen LogP contribution in [0.1, 0.15) is 13.8 Å². The first kappa shape index (κ1) is 22.2. The molecule has 1 aliphatic carbocycles.